The van der Waals surface area contributed by atoms with Crippen LogP contribution in [0.15, 0.2) is 24.3 Å². The van der Waals surface area contributed by atoms with E-state index >= 15 is 0 Å². The molecule has 0 aromatic heterocycles. The quantitative estimate of drug-likeness (QED) is 0.810. The summed E-state index contributed by atoms with van der Waals surface area (Å²) in [4.78, 5) is 14.5. The van der Waals surface area contributed by atoms with Gasteiger partial charge in [-0.1, -0.05) is 18.2 Å². The minimum Gasteiger partial charge on any atom is -0.496 e. The zero-order chi connectivity index (χ0) is 17.9. The van der Waals surface area contributed by atoms with E-state index in [1.54, 1.807) is 19.1 Å². The van der Waals surface area contributed by atoms with Gasteiger partial charge >= 0.3 is 0 Å². The average molecular weight is 354 g/mol. The highest BCUT2D eigenvalue weighted by atomic mass is 32.2. The highest BCUT2D eigenvalue weighted by Crippen LogP contribution is 2.30. The van der Waals surface area contributed by atoms with E-state index in [1.807, 2.05) is 31.2 Å². The molecule has 1 amide bonds. The Morgan fingerprint density at radius 2 is 2.04 bits per heavy atom. The number of benzene rings is 1. The van der Waals surface area contributed by atoms with Gasteiger partial charge in [-0.25, -0.2) is 12.7 Å². The van der Waals surface area contributed by atoms with Gasteiger partial charge in [-0.3, -0.25) is 4.79 Å². The average Bonchev–Trinajstić information content (AvgIpc) is 2.59. The molecule has 24 heavy (non-hydrogen) atoms. The van der Waals surface area contributed by atoms with Crippen LogP contribution in [0, 0.1) is 5.92 Å². The Bertz CT molecular complexity index is 690. The molecular formula is C17H26N2O4S. The van der Waals surface area contributed by atoms with E-state index in [-0.39, 0.29) is 24.4 Å². The van der Waals surface area contributed by atoms with Crippen molar-refractivity contribution >= 4 is 15.9 Å². The summed E-state index contributed by atoms with van der Waals surface area (Å²) in [5, 5.41) is 0. The second-order valence-electron chi connectivity index (χ2n) is 6.33. The number of amides is 1. The Morgan fingerprint density at radius 1 is 1.38 bits per heavy atom. The van der Waals surface area contributed by atoms with Crippen LogP contribution in [-0.2, 0) is 14.8 Å². The smallest absolute Gasteiger partial charge is 0.227 e. The van der Waals surface area contributed by atoms with Crippen molar-refractivity contribution in [3.8, 4) is 5.75 Å². The van der Waals surface area contributed by atoms with Gasteiger partial charge in [-0.15, -0.1) is 0 Å². The van der Waals surface area contributed by atoms with E-state index < -0.39 is 10.0 Å². The van der Waals surface area contributed by atoms with Crippen LogP contribution in [-0.4, -0.2) is 57.0 Å². The molecule has 0 N–H and O–H groups in total. The molecule has 134 valence electrons. The molecule has 6 nitrogen and oxygen atoms in total. The predicted octanol–water partition coefficient (Wildman–Crippen LogP) is 1.89. The van der Waals surface area contributed by atoms with Gasteiger partial charge in [0.15, 0.2) is 0 Å². The van der Waals surface area contributed by atoms with Crippen molar-refractivity contribution in [2.45, 2.75) is 25.8 Å². The summed E-state index contributed by atoms with van der Waals surface area (Å²) in [6.07, 6.45) is 2.62. The molecule has 1 aromatic carbocycles. The van der Waals surface area contributed by atoms with Crippen LogP contribution in [0.2, 0.25) is 0 Å². The lowest BCUT2D eigenvalue weighted by Crippen LogP contribution is -2.46. The molecule has 1 saturated heterocycles. The number of rotatable bonds is 5. The molecule has 2 atom stereocenters. The Balaban J connectivity index is 2.14. The third kappa shape index (κ3) is 4.08. The van der Waals surface area contributed by atoms with Crippen LogP contribution in [0.1, 0.15) is 31.4 Å². The second kappa shape index (κ2) is 7.53. The molecule has 2 rings (SSSR count). The van der Waals surface area contributed by atoms with Gasteiger partial charge in [-0.05, 0) is 25.8 Å². The van der Waals surface area contributed by atoms with E-state index in [9.17, 15) is 13.2 Å². The summed E-state index contributed by atoms with van der Waals surface area (Å²) >= 11 is 0. The molecule has 1 fully saturated rings. The number of piperidine rings is 1. The predicted molar refractivity (Wildman–Crippen MR) is 93.3 cm³/mol. The van der Waals surface area contributed by atoms with Crippen LogP contribution in [0.3, 0.4) is 0 Å². The SMILES string of the molecule is COc1ccccc1[C@@H](C)N(C)C(=O)[C@H]1CCCN(S(C)(=O)=O)C1. The molecule has 1 heterocycles. The molecule has 1 aromatic rings. The second-order valence-corrected chi connectivity index (χ2v) is 8.31. The van der Waals surface area contributed by atoms with Crippen molar-refractivity contribution < 1.29 is 17.9 Å². The van der Waals surface area contributed by atoms with E-state index in [4.69, 9.17) is 4.74 Å². The highest BCUT2D eigenvalue weighted by Gasteiger charge is 2.33. The number of ether oxygens (including phenoxy) is 1. The fraction of sp³-hybridized carbons (Fsp3) is 0.588. The third-order valence-electron chi connectivity index (χ3n) is 4.72. The van der Waals surface area contributed by atoms with Crippen LogP contribution in [0.4, 0.5) is 0 Å². The van der Waals surface area contributed by atoms with Crippen molar-refractivity contribution in [2.24, 2.45) is 5.92 Å². The lowest BCUT2D eigenvalue weighted by atomic mass is 9.96. The lowest BCUT2D eigenvalue weighted by molar-refractivity contribution is -0.137. The van der Waals surface area contributed by atoms with Crippen molar-refractivity contribution in [3.05, 3.63) is 29.8 Å². The molecule has 7 heteroatoms. The monoisotopic (exact) mass is 354 g/mol. The normalized spacial score (nSPS) is 20.4. The zero-order valence-corrected chi connectivity index (χ0v) is 15.5. The highest BCUT2D eigenvalue weighted by molar-refractivity contribution is 7.88. The van der Waals surface area contributed by atoms with Gasteiger partial charge < -0.3 is 9.64 Å². The summed E-state index contributed by atoms with van der Waals surface area (Å²) in [7, 11) is 0.114. The van der Waals surface area contributed by atoms with Crippen LogP contribution >= 0.6 is 0 Å². The van der Waals surface area contributed by atoms with Gasteiger partial charge in [-0.2, -0.15) is 0 Å². The Hall–Kier alpha value is -1.60. The number of sulfonamides is 1. The Kier molecular flexibility index (Phi) is 5.87. The summed E-state index contributed by atoms with van der Waals surface area (Å²) in [6.45, 7) is 2.71. The molecule has 0 saturated carbocycles. The number of carbonyl (C=O) groups excluding carboxylic acids is 1. The van der Waals surface area contributed by atoms with Crippen LogP contribution < -0.4 is 4.74 Å². The first-order valence-electron chi connectivity index (χ1n) is 8.10. The van der Waals surface area contributed by atoms with Gasteiger partial charge in [0.05, 0.1) is 25.3 Å². The molecule has 0 bridgehead atoms. The maximum Gasteiger partial charge on any atom is 0.227 e. The van der Waals surface area contributed by atoms with Gasteiger partial charge in [0.25, 0.3) is 0 Å². The molecule has 0 radical (unpaired) electrons. The first-order chi connectivity index (χ1) is 11.3. The summed E-state index contributed by atoms with van der Waals surface area (Å²) in [5.41, 5.74) is 0.937. The fourth-order valence-corrected chi connectivity index (χ4v) is 4.06. The van der Waals surface area contributed by atoms with Gasteiger partial charge in [0, 0.05) is 25.7 Å². The Morgan fingerprint density at radius 3 is 2.67 bits per heavy atom. The number of para-hydroxylation sites is 1. The largest absolute Gasteiger partial charge is 0.496 e. The number of nitrogens with zero attached hydrogens (tertiary/aromatic N) is 2. The maximum atomic E-state index is 12.8. The molecular weight excluding hydrogens is 328 g/mol. The standard InChI is InChI=1S/C17H26N2O4S/c1-13(15-9-5-6-10-16(15)23-3)18(2)17(20)14-8-7-11-19(12-14)24(4,21)22/h5-6,9-10,13-14H,7-8,11-12H2,1-4H3/t13-,14+/m1/s1. The molecule has 1 aliphatic rings. The number of methoxy groups -OCH3 is 1. The van der Waals surface area contributed by atoms with E-state index in [0.29, 0.717) is 19.4 Å². The maximum absolute atomic E-state index is 12.8. The number of hydrogen-bond donors (Lipinski definition) is 0. The Labute approximate surface area is 144 Å². The topological polar surface area (TPSA) is 66.9 Å². The van der Waals surface area contributed by atoms with E-state index in [1.165, 1.54) is 10.6 Å². The zero-order valence-electron chi connectivity index (χ0n) is 14.7. The van der Waals surface area contributed by atoms with Crippen molar-refractivity contribution in [3.63, 3.8) is 0 Å². The fourth-order valence-electron chi connectivity index (χ4n) is 3.14. The summed E-state index contributed by atoms with van der Waals surface area (Å²) in [6, 6.07) is 7.47. The van der Waals surface area contributed by atoms with Crippen molar-refractivity contribution in [2.75, 3.05) is 33.5 Å². The third-order valence-corrected chi connectivity index (χ3v) is 5.99. The van der Waals surface area contributed by atoms with Gasteiger partial charge in [0.1, 0.15) is 5.75 Å². The summed E-state index contributed by atoms with van der Waals surface area (Å²) < 4.78 is 30.3. The summed E-state index contributed by atoms with van der Waals surface area (Å²) in [5.74, 6) is 0.420. The van der Waals surface area contributed by atoms with Crippen molar-refractivity contribution in [1.82, 2.24) is 9.21 Å². The van der Waals surface area contributed by atoms with Crippen LogP contribution in [0.25, 0.3) is 0 Å². The lowest BCUT2D eigenvalue weighted by Gasteiger charge is -2.34. The van der Waals surface area contributed by atoms with E-state index in [0.717, 1.165) is 11.3 Å². The molecule has 0 unspecified atom stereocenters. The molecule has 0 spiro atoms. The van der Waals surface area contributed by atoms with Gasteiger partial charge in [0.2, 0.25) is 15.9 Å². The molecule has 1 aliphatic heterocycles. The van der Waals surface area contributed by atoms with E-state index in [2.05, 4.69) is 0 Å². The van der Waals surface area contributed by atoms with Crippen LogP contribution in [0.5, 0.6) is 5.75 Å². The number of carbonyl (C=O) groups is 1. The first-order valence-corrected chi connectivity index (χ1v) is 9.95. The first kappa shape index (κ1) is 18.7. The number of hydrogen-bond acceptors (Lipinski definition) is 4. The minimum absolute atomic E-state index is 0.0262. The molecule has 0 aliphatic carbocycles. The minimum atomic E-state index is -3.26. The van der Waals surface area contributed by atoms with Crippen molar-refractivity contribution in [1.29, 1.82) is 0 Å².